The maximum atomic E-state index is 4.29. The van der Waals surface area contributed by atoms with Gasteiger partial charge in [0, 0.05) is 13.2 Å². The highest BCUT2D eigenvalue weighted by Crippen LogP contribution is 2.27. The first-order chi connectivity index (χ1) is 6.16. The molecule has 0 aliphatic rings. The Kier molecular flexibility index (Phi) is 3.29. The quantitative estimate of drug-likeness (QED) is 0.769. The van der Waals surface area contributed by atoms with Gasteiger partial charge < -0.3 is 5.32 Å². The molecule has 1 atom stereocenters. The summed E-state index contributed by atoms with van der Waals surface area (Å²) in [5, 5.41) is 3.12. The second-order valence-corrected chi connectivity index (χ2v) is 3.72. The van der Waals surface area contributed by atoms with Crippen molar-refractivity contribution in [3.63, 3.8) is 0 Å². The Labute approximate surface area is 80.4 Å². The molecule has 1 rings (SSSR count). The standard InChI is InChI=1S/C11H18N2/c1-8(2)9(3)10-6-5-7-13-11(10)12-4/h5-9H,1-4H3,(H,12,13)/t9-/m0/s1. The van der Waals surface area contributed by atoms with Gasteiger partial charge in [0.15, 0.2) is 0 Å². The van der Waals surface area contributed by atoms with E-state index >= 15 is 0 Å². The van der Waals surface area contributed by atoms with Crippen LogP contribution in [-0.4, -0.2) is 12.0 Å². The van der Waals surface area contributed by atoms with Gasteiger partial charge in [0.2, 0.25) is 0 Å². The summed E-state index contributed by atoms with van der Waals surface area (Å²) < 4.78 is 0. The molecule has 0 aliphatic carbocycles. The molecular weight excluding hydrogens is 160 g/mol. The molecule has 0 aliphatic heterocycles. The van der Waals surface area contributed by atoms with E-state index in [1.807, 2.05) is 19.3 Å². The summed E-state index contributed by atoms with van der Waals surface area (Å²) >= 11 is 0. The van der Waals surface area contributed by atoms with Crippen LogP contribution in [-0.2, 0) is 0 Å². The Morgan fingerprint density at radius 3 is 2.54 bits per heavy atom. The summed E-state index contributed by atoms with van der Waals surface area (Å²) in [6.45, 7) is 6.71. The summed E-state index contributed by atoms with van der Waals surface area (Å²) in [7, 11) is 1.92. The highest BCUT2D eigenvalue weighted by Gasteiger charge is 2.13. The number of nitrogens with one attached hydrogen (secondary N) is 1. The lowest BCUT2D eigenvalue weighted by atomic mass is 9.91. The van der Waals surface area contributed by atoms with E-state index in [-0.39, 0.29) is 0 Å². The molecule has 0 unspecified atom stereocenters. The Balaban J connectivity index is 2.98. The second-order valence-electron chi connectivity index (χ2n) is 3.72. The van der Waals surface area contributed by atoms with Crippen LogP contribution in [0.15, 0.2) is 18.3 Å². The molecule has 0 saturated carbocycles. The van der Waals surface area contributed by atoms with Gasteiger partial charge in [0.25, 0.3) is 0 Å². The lowest BCUT2D eigenvalue weighted by Gasteiger charge is -2.18. The van der Waals surface area contributed by atoms with Crippen LogP contribution in [0.5, 0.6) is 0 Å². The van der Waals surface area contributed by atoms with E-state index in [9.17, 15) is 0 Å². The third-order valence-corrected chi connectivity index (χ3v) is 2.57. The number of pyridine rings is 1. The lowest BCUT2D eigenvalue weighted by Crippen LogP contribution is -2.06. The third-order valence-electron chi connectivity index (χ3n) is 2.57. The van der Waals surface area contributed by atoms with E-state index < -0.39 is 0 Å². The van der Waals surface area contributed by atoms with E-state index in [0.29, 0.717) is 11.8 Å². The van der Waals surface area contributed by atoms with E-state index in [2.05, 4.69) is 37.1 Å². The Hall–Kier alpha value is -1.05. The van der Waals surface area contributed by atoms with Crippen LogP contribution in [0.2, 0.25) is 0 Å². The maximum absolute atomic E-state index is 4.29. The molecule has 0 saturated heterocycles. The predicted molar refractivity (Wildman–Crippen MR) is 57.0 cm³/mol. The van der Waals surface area contributed by atoms with Gasteiger partial charge in [-0.05, 0) is 23.5 Å². The van der Waals surface area contributed by atoms with Gasteiger partial charge in [0.05, 0.1) is 0 Å². The van der Waals surface area contributed by atoms with Crippen molar-refractivity contribution >= 4 is 5.82 Å². The summed E-state index contributed by atoms with van der Waals surface area (Å²) in [4.78, 5) is 4.29. The van der Waals surface area contributed by atoms with Crippen LogP contribution in [0.1, 0.15) is 32.3 Å². The molecule has 72 valence electrons. The third kappa shape index (κ3) is 2.20. The molecule has 0 spiro atoms. The van der Waals surface area contributed by atoms with E-state index in [4.69, 9.17) is 0 Å². The highest BCUT2D eigenvalue weighted by atomic mass is 15.0. The summed E-state index contributed by atoms with van der Waals surface area (Å²) in [5.74, 6) is 2.20. The van der Waals surface area contributed by atoms with Gasteiger partial charge in [-0.1, -0.05) is 26.8 Å². The zero-order valence-electron chi connectivity index (χ0n) is 8.83. The molecule has 13 heavy (non-hydrogen) atoms. The van der Waals surface area contributed by atoms with Crippen molar-refractivity contribution in [3.8, 4) is 0 Å². The van der Waals surface area contributed by atoms with Crippen LogP contribution in [0.4, 0.5) is 5.82 Å². The number of aromatic nitrogens is 1. The molecular formula is C11H18N2. The molecule has 1 aromatic rings. The molecule has 0 radical (unpaired) electrons. The number of hydrogen-bond acceptors (Lipinski definition) is 2. The largest absolute Gasteiger partial charge is 0.373 e. The first-order valence-corrected chi connectivity index (χ1v) is 4.79. The number of rotatable bonds is 3. The molecule has 2 nitrogen and oxygen atoms in total. The van der Waals surface area contributed by atoms with Gasteiger partial charge in [-0.3, -0.25) is 0 Å². The molecule has 2 heteroatoms. The van der Waals surface area contributed by atoms with Gasteiger partial charge in [-0.15, -0.1) is 0 Å². The first-order valence-electron chi connectivity index (χ1n) is 4.79. The topological polar surface area (TPSA) is 24.9 Å². The fraction of sp³-hybridized carbons (Fsp3) is 0.545. The van der Waals surface area contributed by atoms with Crippen molar-refractivity contribution in [2.24, 2.45) is 5.92 Å². The lowest BCUT2D eigenvalue weighted by molar-refractivity contribution is 0.535. The average Bonchev–Trinajstić information content (AvgIpc) is 2.16. The minimum atomic E-state index is 0.552. The number of anilines is 1. The van der Waals surface area contributed by atoms with E-state index in [1.54, 1.807) is 0 Å². The molecule has 1 N–H and O–H groups in total. The summed E-state index contributed by atoms with van der Waals surface area (Å²) in [6.07, 6.45) is 1.82. The van der Waals surface area contributed by atoms with Crippen molar-refractivity contribution in [3.05, 3.63) is 23.9 Å². The van der Waals surface area contributed by atoms with Crippen LogP contribution in [0, 0.1) is 5.92 Å². The van der Waals surface area contributed by atoms with Crippen molar-refractivity contribution in [2.75, 3.05) is 12.4 Å². The van der Waals surface area contributed by atoms with Gasteiger partial charge in [-0.2, -0.15) is 0 Å². The van der Waals surface area contributed by atoms with Crippen molar-refractivity contribution < 1.29 is 0 Å². The Morgan fingerprint density at radius 2 is 2.00 bits per heavy atom. The van der Waals surface area contributed by atoms with Crippen LogP contribution < -0.4 is 5.32 Å². The van der Waals surface area contributed by atoms with Crippen molar-refractivity contribution in [1.29, 1.82) is 0 Å². The van der Waals surface area contributed by atoms with Crippen molar-refractivity contribution in [2.45, 2.75) is 26.7 Å². The molecule has 1 aromatic heterocycles. The van der Waals surface area contributed by atoms with Crippen LogP contribution >= 0.6 is 0 Å². The smallest absolute Gasteiger partial charge is 0.129 e. The minimum absolute atomic E-state index is 0.552. The second kappa shape index (κ2) is 4.26. The van der Waals surface area contributed by atoms with E-state index in [1.165, 1.54) is 5.56 Å². The van der Waals surface area contributed by atoms with Crippen LogP contribution in [0.3, 0.4) is 0 Å². The SMILES string of the molecule is CNc1ncccc1[C@@H](C)C(C)C. The monoisotopic (exact) mass is 178 g/mol. The minimum Gasteiger partial charge on any atom is -0.373 e. The number of hydrogen-bond donors (Lipinski definition) is 1. The normalized spacial score (nSPS) is 13.0. The molecule has 0 bridgehead atoms. The number of nitrogens with zero attached hydrogens (tertiary/aromatic N) is 1. The maximum Gasteiger partial charge on any atom is 0.129 e. The highest BCUT2D eigenvalue weighted by molar-refractivity contribution is 5.45. The summed E-state index contributed by atoms with van der Waals surface area (Å²) in [6, 6.07) is 4.14. The predicted octanol–water partition coefficient (Wildman–Crippen LogP) is 2.88. The molecule has 0 amide bonds. The molecule has 0 aromatic carbocycles. The van der Waals surface area contributed by atoms with Gasteiger partial charge in [0.1, 0.15) is 5.82 Å². The fourth-order valence-electron chi connectivity index (χ4n) is 1.35. The molecule has 1 heterocycles. The fourth-order valence-corrected chi connectivity index (χ4v) is 1.35. The first kappa shape index (κ1) is 10.0. The molecule has 0 fully saturated rings. The van der Waals surface area contributed by atoms with Gasteiger partial charge in [-0.25, -0.2) is 4.98 Å². The Morgan fingerprint density at radius 1 is 1.31 bits per heavy atom. The van der Waals surface area contributed by atoms with Gasteiger partial charge >= 0.3 is 0 Å². The van der Waals surface area contributed by atoms with E-state index in [0.717, 1.165) is 5.82 Å². The van der Waals surface area contributed by atoms with Crippen LogP contribution in [0.25, 0.3) is 0 Å². The zero-order chi connectivity index (χ0) is 9.84. The zero-order valence-corrected chi connectivity index (χ0v) is 8.83. The Bertz CT molecular complexity index is 269. The summed E-state index contributed by atoms with van der Waals surface area (Å²) in [5.41, 5.74) is 1.31. The average molecular weight is 178 g/mol. The van der Waals surface area contributed by atoms with Crippen molar-refractivity contribution in [1.82, 2.24) is 4.98 Å².